The second-order valence-corrected chi connectivity index (χ2v) is 9.34. The van der Waals surface area contributed by atoms with Gasteiger partial charge in [0.15, 0.2) is 11.6 Å². The van der Waals surface area contributed by atoms with Crippen molar-refractivity contribution in [3.05, 3.63) is 66.2 Å². The number of nitrogens with zero attached hydrogens (tertiary/aromatic N) is 6. The number of aryl methyl sites for hydroxylation is 1. The largest absolute Gasteiger partial charge is 0.354 e. The molecule has 1 amide bonds. The zero-order valence-corrected chi connectivity index (χ0v) is 19.3. The van der Waals surface area contributed by atoms with Crippen LogP contribution in [0.15, 0.2) is 54.9 Å². The van der Waals surface area contributed by atoms with Gasteiger partial charge in [-0.15, -0.1) is 10.2 Å². The van der Waals surface area contributed by atoms with E-state index in [9.17, 15) is 4.79 Å². The van der Waals surface area contributed by atoms with Crippen molar-refractivity contribution in [3.63, 3.8) is 0 Å². The molecule has 3 aromatic rings. The first-order chi connectivity index (χ1) is 16.2. The predicted octanol–water partition coefficient (Wildman–Crippen LogP) is 3.67. The number of hydrogen-bond donors (Lipinski definition) is 0. The number of likely N-dealkylation sites (tertiary alicyclic amines) is 1. The lowest BCUT2D eigenvalue weighted by Gasteiger charge is -2.38. The van der Waals surface area contributed by atoms with Crippen LogP contribution in [-0.2, 0) is 11.2 Å². The third-order valence-electron chi connectivity index (χ3n) is 7.10. The van der Waals surface area contributed by atoms with Gasteiger partial charge in [-0.25, -0.2) is 4.98 Å². The first-order valence-corrected chi connectivity index (χ1v) is 12.1. The van der Waals surface area contributed by atoms with Crippen LogP contribution in [0.4, 0.5) is 5.82 Å². The Balaban J connectivity index is 1.16. The van der Waals surface area contributed by atoms with Gasteiger partial charge in [-0.05, 0) is 62.6 Å². The summed E-state index contributed by atoms with van der Waals surface area (Å²) in [5.41, 5.74) is 1.40. The third-order valence-corrected chi connectivity index (χ3v) is 7.10. The Morgan fingerprint density at radius 3 is 2.42 bits per heavy atom. The zero-order valence-electron chi connectivity index (χ0n) is 19.3. The van der Waals surface area contributed by atoms with Crippen LogP contribution in [-0.4, -0.2) is 56.7 Å². The molecule has 1 unspecified atom stereocenters. The lowest BCUT2D eigenvalue weighted by molar-refractivity contribution is -0.137. The lowest BCUT2D eigenvalue weighted by atomic mass is 9.89. The van der Waals surface area contributed by atoms with E-state index in [1.165, 1.54) is 5.56 Å². The third kappa shape index (κ3) is 4.92. The molecule has 1 atom stereocenters. The van der Waals surface area contributed by atoms with Gasteiger partial charge in [0, 0.05) is 38.6 Å². The highest BCUT2D eigenvalue weighted by molar-refractivity contribution is 5.79. The molecule has 2 aliphatic heterocycles. The van der Waals surface area contributed by atoms with Crippen molar-refractivity contribution in [2.75, 3.05) is 31.1 Å². The number of imidazole rings is 1. The van der Waals surface area contributed by atoms with Crippen LogP contribution < -0.4 is 4.90 Å². The summed E-state index contributed by atoms with van der Waals surface area (Å²) in [5, 5.41) is 8.85. The molecule has 0 N–H and O–H groups in total. The topological polar surface area (TPSA) is 67.2 Å². The highest BCUT2D eigenvalue weighted by atomic mass is 16.2. The van der Waals surface area contributed by atoms with Gasteiger partial charge in [0.2, 0.25) is 5.91 Å². The molecule has 172 valence electrons. The number of anilines is 1. The van der Waals surface area contributed by atoms with E-state index in [-0.39, 0.29) is 5.92 Å². The summed E-state index contributed by atoms with van der Waals surface area (Å²) in [5.74, 6) is 3.52. The maximum Gasteiger partial charge on any atom is 0.227 e. The van der Waals surface area contributed by atoms with Crippen molar-refractivity contribution >= 4 is 11.7 Å². The molecule has 4 heterocycles. The summed E-state index contributed by atoms with van der Waals surface area (Å²) in [7, 11) is 0. The minimum absolute atomic E-state index is 0.0433. The second-order valence-electron chi connectivity index (χ2n) is 9.34. The molecule has 2 fully saturated rings. The summed E-state index contributed by atoms with van der Waals surface area (Å²) in [4.78, 5) is 21.9. The summed E-state index contributed by atoms with van der Waals surface area (Å²) in [6.45, 7) is 5.35. The van der Waals surface area contributed by atoms with Crippen LogP contribution in [0.2, 0.25) is 0 Å². The number of benzene rings is 1. The van der Waals surface area contributed by atoms with Crippen LogP contribution in [0.1, 0.15) is 37.1 Å². The minimum Gasteiger partial charge on any atom is -0.354 e. The first kappa shape index (κ1) is 21.6. The number of carbonyl (C=O) groups excluding carboxylic acids is 1. The van der Waals surface area contributed by atoms with Crippen molar-refractivity contribution < 1.29 is 4.79 Å². The quantitative estimate of drug-likeness (QED) is 0.601. The van der Waals surface area contributed by atoms with Crippen molar-refractivity contribution in [2.24, 2.45) is 11.8 Å². The van der Waals surface area contributed by atoms with Crippen molar-refractivity contribution in [1.82, 2.24) is 24.6 Å². The van der Waals surface area contributed by atoms with Crippen LogP contribution in [0, 0.1) is 18.8 Å². The molecule has 0 bridgehead atoms. The Hall–Kier alpha value is -3.22. The Morgan fingerprint density at radius 2 is 1.73 bits per heavy atom. The number of hydrogen-bond acceptors (Lipinski definition) is 5. The average molecular weight is 445 g/mol. The number of carbonyl (C=O) groups is 1. The van der Waals surface area contributed by atoms with Crippen LogP contribution in [0.5, 0.6) is 0 Å². The molecular formula is C26H32N6O. The number of amides is 1. The fourth-order valence-corrected chi connectivity index (χ4v) is 5.19. The Labute approximate surface area is 195 Å². The highest BCUT2D eigenvalue weighted by Crippen LogP contribution is 2.27. The van der Waals surface area contributed by atoms with E-state index < -0.39 is 0 Å². The molecule has 0 radical (unpaired) electrons. The maximum absolute atomic E-state index is 13.3. The fraction of sp³-hybridized carbons (Fsp3) is 0.462. The minimum atomic E-state index is 0.0433. The van der Waals surface area contributed by atoms with Gasteiger partial charge >= 0.3 is 0 Å². The van der Waals surface area contributed by atoms with Gasteiger partial charge in [-0.3, -0.25) is 9.36 Å². The van der Waals surface area contributed by atoms with Gasteiger partial charge in [-0.1, -0.05) is 30.3 Å². The molecule has 0 aliphatic carbocycles. The standard InChI is InChI=1S/C26H32N6O/c1-20-27-13-17-32(20)25-10-9-24(28-29-25)31-14-5-8-23(19-31)26(33)30-15-11-22(12-16-30)18-21-6-3-2-4-7-21/h2-4,6-7,9-10,13,17,22-23H,5,8,11-12,14-16,18-19H2,1H3. The van der Waals surface area contributed by atoms with Gasteiger partial charge in [0.05, 0.1) is 5.92 Å². The number of aromatic nitrogens is 4. The Bertz CT molecular complexity index is 1060. The molecule has 5 rings (SSSR count). The fourth-order valence-electron chi connectivity index (χ4n) is 5.19. The SMILES string of the molecule is Cc1nccn1-c1ccc(N2CCCC(C(=O)N3CCC(Cc4ccccc4)CC3)C2)nn1. The highest BCUT2D eigenvalue weighted by Gasteiger charge is 2.32. The van der Waals surface area contributed by atoms with E-state index in [1.54, 1.807) is 6.20 Å². The van der Waals surface area contributed by atoms with Crippen molar-refractivity contribution in [2.45, 2.75) is 39.0 Å². The van der Waals surface area contributed by atoms with E-state index in [0.717, 1.165) is 75.7 Å². The molecule has 2 saturated heterocycles. The molecule has 33 heavy (non-hydrogen) atoms. The maximum atomic E-state index is 13.3. The van der Waals surface area contributed by atoms with Gasteiger partial charge in [0.1, 0.15) is 5.82 Å². The smallest absolute Gasteiger partial charge is 0.227 e. The summed E-state index contributed by atoms with van der Waals surface area (Å²) < 4.78 is 1.92. The van der Waals surface area contributed by atoms with E-state index in [4.69, 9.17) is 0 Å². The van der Waals surface area contributed by atoms with E-state index in [2.05, 4.69) is 55.3 Å². The van der Waals surface area contributed by atoms with Crippen LogP contribution >= 0.6 is 0 Å². The van der Waals surface area contributed by atoms with Crippen molar-refractivity contribution in [3.8, 4) is 5.82 Å². The molecular weight excluding hydrogens is 412 g/mol. The molecule has 0 spiro atoms. The predicted molar refractivity (Wildman–Crippen MR) is 128 cm³/mol. The van der Waals surface area contributed by atoms with Gasteiger partial charge in [-0.2, -0.15) is 0 Å². The van der Waals surface area contributed by atoms with Crippen molar-refractivity contribution in [1.29, 1.82) is 0 Å². The molecule has 7 heteroatoms. The van der Waals surface area contributed by atoms with Gasteiger partial charge < -0.3 is 9.80 Å². The second kappa shape index (κ2) is 9.73. The van der Waals surface area contributed by atoms with Crippen LogP contribution in [0.25, 0.3) is 5.82 Å². The normalized spacial score (nSPS) is 19.6. The molecule has 2 aromatic heterocycles. The number of piperidine rings is 2. The molecule has 1 aromatic carbocycles. The first-order valence-electron chi connectivity index (χ1n) is 12.1. The van der Waals surface area contributed by atoms with Crippen LogP contribution in [0.3, 0.4) is 0 Å². The van der Waals surface area contributed by atoms with Gasteiger partial charge in [0.25, 0.3) is 0 Å². The molecule has 7 nitrogen and oxygen atoms in total. The monoisotopic (exact) mass is 444 g/mol. The zero-order chi connectivity index (χ0) is 22.6. The molecule has 2 aliphatic rings. The average Bonchev–Trinajstić information content (AvgIpc) is 3.31. The summed E-state index contributed by atoms with van der Waals surface area (Å²) in [6.07, 6.45) is 8.92. The summed E-state index contributed by atoms with van der Waals surface area (Å²) >= 11 is 0. The van der Waals surface area contributed by atoms with E-state index >= 15 is 0 Å². The summed E-state index contributed by atoms with van der Waals surface area (Å²) in [6, 6.07) is 14.7. The van der Waals surface area contributed by atoms with E-state index in [1.807, 2.05) is 29.8 Å². The van der Waals surface area contributed by atoms with E-state index in [0.29, 0.717) is 11.8 Å². The Kier molecular flexibility index (Phi) is 6.37. The lowest BCUT2D eigenvalue weighted by Crippen LogP contribution is -2.47. The Morgan fingerprint density at radius 1 is 0.970 bits per heavy atom. The number of rotatable bonds is 5. The molecule has 0 saturated carbocycles.